The molecule has 19 heavy (non-hydrogen) atoms. The molecule has 0 heterocycles. The minimum absolute atomic E-state index is 0.0870. The summed E-state index contributed by atoms with van der Waals surface area (Å²) in [6.45, 7) is -0.368. The van der Waals surface area contributed by atoms with Crippen molar-refractivity contribution in [3.05, 3.63) is 4.91 Å². The van der Waals surface area contributed by atoms with Crippen molar-refractivity contribution in [2.75, 3.05) is 32.0 Å². The van der Waals surface area contributed by atoms with Crippen molar-refractivity contribution in [1.29, 1.82) is 0 Å². The Hall–Kier alpha value is -0.980. The molecule has 0 saturated carbocycles. The fourth-order valence-corrected chi connectivity index (χ4v) is 2.98. The summed E-state index contributed by atoms with van der Waals surface area (Å²) in [6.07, 6.45) is 1.30. The molecule has 0 saturated heterocycles. The first-order chi connectivity index (χ1) is 8.46. The molecule has 0 spiro atoms. The Balaban J connectivity index is 5.65. The number of hydrogen-bond donors (Lipinski definition) is 0. The number of carbonyl (C=O) groups is 1. The number of carbonyl (C=O) groups excluding carboxylic acids is 1. The van der Waals surface area contributed by atoms with Crippen molar-refractivity contribution >= 4 is 37.7 Å². The Morgan fingerprint density at radius 2 is 1.63 bits per heavy atom. The van der Waals surface area contributed by atoms with Crippen LogP contribution in [-0.2, 0) is 20.0 Å². The summed E-state index contributed by atoms with van der Waals surface area (Å²) < 4.78 is 45.7. The van der Waals surface area contributed by atoms with Gasteiger partial charge in [0.05, 0.1) is 24.3 Å². The molecule has 112 valence electrons. The maximum absolute atomic E-state index is 11.8. The lowest BCUT2D eigenvalue weighted by Crippen LogP contribution is -2.53. The number of nitroso groups, excluding NO2 is 1. The fraction of sp³-hybridized carbons (Fsp3) is 0.833. The molecule has 0 aliphatic heterocycles. The normalized spacial score (nSPS) is 12.3. The minimum atomic E-state index is -4.27. The topological polar surface area (TPSA) is 124 Å². The van der Waals surface area contributed by atoms with Crippen LogP contribution in [0.15, 0.2) is 5.29 Å². The second-order valence-electron chi connectivity index (χ2n) is 3.38. The molecule has 13 heteroatoms. The SMILES string of the molecule is CN(N(C(=O)N(CCCl)N=O)S(C)(=O)=O)S(C)(=O)=O. The van der Waals surface area contributed by atoms with Crippen LogP contribution in [0.1, 0.15) is 0 Å². The van der Waals surface area contributed by atoms with Gasteiger partial charge in [-0.15, -0.1) is 20.9 Å². The second kappa shape index (κ2) is 6.45. The molecule has 0 aliphatic carbocycles. The Kier molecular flexibility index (Phi) is 6.12. The predicted molar refractivity (Wildman–Crippen MR) is 67.9 cm³/mol. The van der Waals surface area contributed by atoms with Crippen molar-refractivity contribution in [1.82, 2.24) is 13.8 Å². The lowest BCUT2D eigenvalue weighted by molar-refractivity contribution is 0.139. The van der Waals surface area contributed by atoms with Gasteiger partial charge in [0, 0.05) is 12.9 Å². The average Bonchev–Trinajstić information content (AvgIpc) is 2.22. The highest BCUT2D eigenvalue weighted by Crippen LogP contribution is 2.11. The van der Waals surface area contributed by atoms with Gasteiger partial charge in [-0.25, -0.2) is 21.6 Å². The summed E-state index contributed by atoms with van der Waals surface area (Å²) in [4.78, 5) is 22.3. The third-order valence-corrected chi connectivity index (χ3v) is 4.25. The van der Waals surface area contributed by atoms with Crippen LogP contribution in [0.5, 0.6) is 0 Å². The number of amides is 2. The summed E-state index contributed by atoms with van der Waals surface area (Å²) in [5.74, 6) is -0.183. The number of hydrazine groups is 1. The highest BCUT2D eigenvalue weighted by molar-refractivity contribution is 7.91. The van der Waals surface area contributed by atoms with Crippen molar-refractivity contribution in [3.8, 4) is 0 Å². The van der Waals surface area contributed by atoms with Gasteiger partial charge < -0.3 is 0 Å². The van der Waals surface area contributed by atoms with E-state index in [9.17, 15) is 26.5 Å². The lowest BCUT2D eigenvalue weighted by Gasteiger charge is -2.29. The first kappa shape index (κ1) is 18.0. The molecular weight excluding hydrogens is 324 g/mol. The van der Waals surface area contributed by atoms with Crippen molar-refractivity contribution < 1.29 is 21.6 Å². The number of urea groups is 1. The van der Waals surface area contributed by atoms with Crippen LogP contribution in [-0.4, -0.2) is 68.7 Å². The third-order valence-electron chi connectivity index (χ3n) is 1.83. The maximum atomic E-state index is 11.8. The van der Waals surface area contributed by atoms with Crippen LogP contribution >= 0.6 is 11.6 Å². The number of sulfonamides is 2. The van der Waals surface area contributed by atoms with Gasteiger partial charge in [-0.1, -0.05) is 4.41 Å². The van der Waals surface area contributed by atoms with Crippen molar-refractivity contribution in [2.45, 2.75) is 0 Å². The quantitative estimate of drug-likeness (QED) is 0.362. The Morgan fingerprint density at radius 1 is 1.16 bits per heavy atom. The summed E-state index contributed by atoms with van der Waals surface area (Å²) in [6, 6.07) is -1.44. The maximum Gasteiger partial charge on any atom is 0.372 e. The summed E-state index contributed by atoms with van der Waals surface area (Å²) >= 11 is 5.31. The lowest BCUT2D eigenvalue weighted by atomic mass is 10.7. The summed E-state index contributed by atoms with van der Waals surface area (Å²) in [7, 11) is -7.46. The van der Waals surface area contributed by atoms with E-state index in [1.165, 1.54) is 0 Å². The zero-order valence-electron chi connectivity index (χ0n) is 10.3. The van der Waals surface area contributed by atoms with Gasteiger partial charge in [0.15, 0.2) is 0 Å². The van der Waals surface area contributed by atoms with E-state index < -0.39 is 26.1 Å². The Morgan fingerprint density at radius 3 is 1.89 bits per heavy atom. The third kappa shape index (κ3) is 4.89. The smallest absolute Gasteiger partial charge is 0.244 e. The highest BCUT2D eigenvalue weighted by atomic mass is 35.5. The number of halogens is 1. The molecule has 0 atom stereocenters. The Labute approximate surface area is 115 Å². The molecule has 10 nitrogen and oxygen atoms in total. The van der Waals surface area contributed by atoms with E-state index in [1.54, 1.807) is 0 Å². The van der Waals surface area contributed by atoms with Gasteiger partial charge in [-0.3, -0.25) is 0 Å². The van der Waals surface area contributed by atoms with E-state index in [2.05, 4.69) is 5.29 Å². The number of hydrogen-bond acceptors (Lipinski definition) is 7. The molecule has 2 amide bonds. The molecular formula is C6H13ClN4O6S2. The van der Waals surface area contributed by atoms with E-state index in [4.69, 9.17) is 11.6 Å². The van der Waals surface area contributed by atoms with E-state index in [1.807, 2.05) is 0 Å². The molecule has 0 fully saturated rings. The second-order valence-corrected chi connectivity index (χ2v) is 7.56. The zero-order chi connectivity index (χ0) is 15.4. The molecule has 0 bridgehead atoms. The van der Waals surface area contributed by atoms with Gasteiger partial charge >= 0.3 is 6.03 Å². The molecule has 0 rings (SSSR count). The molecule has 0 aliphatic rings. The molecule has 0 aromatic heterocycles. The van der Waals surface area contributed by atoms with Crippen LogP contribution in [0.4, 0.5) is 4.79 Å². The van der Waals surface area contributed by atoms with Gasteiger partial charge in [0.25, 0.3) is 10.0 Å². The van der Waals surface area contributed by atoms with Crippen LogP contribution in [0.25, 0.3) is 0 Å². The van der Waals surface area contributed by atoms with Gasteiger partial charge in [-0.05, 0) is 0 Å². The standard InChI is InChI=1S/C6H13ClN4O6S2/c1-9(18(2,14)15)11(19(3,16)17)6(12)10(8-13)5-4-7/h4-5H2,1-3H3. The van der Waals surface area contributed by atoms with Crippen LogP contribution < -0.4 is 0 Å². The average molecular weight is 337 g/mol. The molecule has 0 unspecified atom stereocenters. The van der Waals surface area contributed by atoms with Crippen LogP contribution in [0.2, 0.25) is 0 Å². The van der Waals surface area contributed by atoms with Crippen molar-refractivity contribution in [3.63, 3.8) is 0 Å². The highest BCUT2D eigenvalue weighted by Gasteiger charge is 2.36. The first-order valence-electron chi connectivity index (χ1n) is 4.61. The van der Waals surface area contributed by atoms with E-state index in [0.717, 1.165) is 7.05 Å². The van der Waals surface area contributed by atoms with Crippen molar-refractivity contribution in [2.24, 2.45) is 5.29 Å². The zero-order valence-corrected chi connectivity index (χ0v) is 12.7. The van der Waals surface area contributed by atoms with Crippen LogP contribution in [0, 0.1) is 4.91 Å². The molecule has 0 radical (unpaired) electrons. The van der Waals surface area contributed by atoms with E-state index in [0.29, 0.717) is 12.5 Å². The fourth-order valence-electron chi connectivity index (χ4n) is 0.956. The number of nitrogens with zero attached hydrogens (tertiary/aromatic N) is 4. The largest absolute Gasteiger partial charge is 0.372 e. The van der Waals surface area contributed by atoms with Gasteiger partial charge in [-0.2, -0.15) is 5.01 Å². The first-order valence-corrected chi connectivity index (χ1v) is 8.84. The number of alkyl halides is 1. The van der Waals surface area contributed by atoms with E-state index >= 15 is 0 Å². The Bertz CT molecular complexity index is 546. The minimum Gasteiger partial charge on any atom is -0.244 e. The van der Waals surface area contributed by atoms with Crippen LogP contribution in [0.3, 0.4) is 0 Å². The van der Waals surface area contributed by atoms with Gasteiger partial charge in [0.2, 0.25) is 10.0 Å². The monoisotopic (exact) mass is 336 g/mol. The summed E-state index contributed by atoms with van der Waals surface area (Å²) in [5.41, 5.74) is 0. The predicted octanol–water partition coefficient (Wildman–Crippen LogP) is -0.603. The molecule has 0 aromatic rings. The molecule has 0 aromatic carbocycles. The number of rotatable bonds is 6. The molecule has 0 N–H and O–H groups in total. The van der Waals surface area contributed by atoms with E-state index in [-0.39, 0.29) is 26.3 Å². The summed E-state index contributed by atoms with van der Waals surface area (Å²) in [5, 5.41) is 2.50. The van der Waals surface area contributed by atoms with Gasteiger partial charge in [0.1, 0.15) is 0 Å².